The number of carbonyl (C=O) groups excluding carboxylic acids is 1. The van der Waals surface area contributed by atoms with Crippen LogP contribution in [0.2, 0.25) is 0 Å². The molecule has 0 aliphatic carbocycles. The molecule has 0 saturated carbocycles. The van der Waals surface area contributed by atoms with Crippen LogP contribution in [0.25, 0.3) is 0 Å². The molecule has 2 aromatic rings. The number of benzene rings is 2. The number of rotatable bonds is 1. The molecular formula is C17H15N3O. The maximum atomic E-state index is 12.5. The molecule has 2 N–H and O–H groups in total. The van der Waals surface area contributed by atoms with Crippen LogP contribution < -0.4 is 5.73 Å². The van der Waals surface area contributed by atoms with E-state index >= 15 is 0 Å². The van der Waals surface area contributed by atoms with E-state index in [1.165, 1.54) is 5.56 Å². The third-order valence-electron chi connectivity index (χ3n) is 3.77. The van der Waals surface area contributed by atoms with Gasteiger partial charge < -0.3 is 10.6 Å². The summed E-state index contributed by atoms with van der Waals surface area (Å²) < 4.78 is 0. The molecule has 0 unspecified atom stereocenters. The minimum atomic E-state index is -0.0415. The van der Waals surface area contributed by atoms with Gasteiger partial charge >= 0.3 is 0 Å². The predicted molar refractivity (Wildman–Crippen MR) is 80.5 cm³/mol. The standard InChI is InChI=1S/C17H15N3O/c18-10-12-2-1-3-14(8-12)17(21)20-7-6-13-4-5-16(19)9-15(13)11-20/h1-5,8-9H,6-7,11,19H2. The fourth-order valence-corrected chi connectivity index (χ4v) is 2.65. The van der Waals surface area contributed by atoms with E-state index in [1.54, 1.807) is 29.2 Å². The molecule has 0 bridgehead atoms. The second kappa shape index (κ2) is 5.29. The molecule has 0 fully saturated rings. The van der Waals surface area contributed by atoms with Crippen LogP contribution in [0.4, 0.5) is 5.69 Å². The Morgan fingerprint density at radius 1 is 1.19 bits per heavy atom. The highest BCUT2D eigenvalue weighted by Crippen LogP contribution is 2.22. The molecule has 4 nitrogen and oxygen atoms in total. The van der Waals surface area contributed by atoms with Crippen molar-refractivity contribution in [2.75, 3.05) is 12.3 Å². The van der Waals surface area contributed by atoms with Crippen LogP contribution in [-0.4, -0.2) is 17.4 Å². The lowest BCUT2D eigenvalue weighted by atomic mass is 9.98. The second-order valence-electron chi connectivity index (χ2n) is 5.20. The monoisotopic (exact) mass is 277 g/mol. The summed E-state index contributed by atoms with van der Waals surface area (Å²) in [6.45, 7) is 1.25. The third-order valence-corrected chi connectivity index (χ3v) is 3.77. The molecular weight excluding hydrogens is 262 g/mol. The van der Waals surface area contributed by atoms with Crippen LogP contribution in [-0.2, 0) is 13.0 Å². The van der Waals surface area contributed by atoms with Crippen LogP contribution in [0.15, 0.2) is 42.5 Å². The van der Waals surface area contributed by atoms with Crippen molar-refractivity contribution in [3.05, 3.63) is 64.7 Å². The van der Waals surface area contributed by atoms with E-state index < -0.39 is 0 Å². The van der Waals surface area contributed by atoms with E-state index in [4.69, 9.17) is 11.0 Å². The summed E-state index contributed by atoms with van der Waals surface area (Å²) in [6.07, 6.45) is 0.833. The van der Waals surface area contributed by atoms with E-state index in [9.17, 15) is 4.79 Å². The number of hydrogen-bond acceptors (Lipinski definition) is 3. The molecule has 1 amide bonds. The Labute approximate surface area is 123 Å². The van der Waals surface area contributed by atoms with Gasteiger partial charge in [0.25, 0.3) is 5.91 Å². The number of nitrogens with zero attached hydrogens (tertiary/aromatic N) is 2. The Balaban J connectivity index is 1.85. The van der Waals surface area contributed by atoms with Gasteiger partial charge in [-0.25, -0.2) is 0 Å². The second-order valence-corrected chi connectivity index (χ2v) is 5.20. The fourth-order valence-electron chi connectivity index (χ4n) is 2.65. The van der Waals surface area contributed by atoms with Crippen LogP contribution in [0.3, 0.4) is 0 Å². The number of carbonyl (C=O) groups is 1. The summed E-state index contributed by atoms with van der Waals surface area (Å²) in [7, 11) is 0. The first-order chi connectivity index (χ1) is 10.2. The highest BCUT2D eigenvalue weighted by atomic mass is 16.2. The lowest BCUT2D eigenvalue weighted by Crippen LogP contribution is -2.36. The average Bonchev–Trinajstić information content (AvgIpc) is 2.53. The van der Waals surface area contributed by atoms with E-state index in [1.807, 2.05) is 18.2 Å². The van der Waals surface area contributed by atoms with Gasteiger partial charge in [-0.15, -0.1) is 0 Å². The number of nitrogen functional groups attached to an aromatic ring is 1. The quantitative estimate of drug-likeness (QED) is 0.813. The number of nitriles is 1. The lowest BCUT2D eigenvalue weighted by Gasteiger charge is -2.29. The first-order valence-corrected chi connectivity index (χ1v) is 6.84. The Bertz CT molecular complexity index is 746. The van der Waals surface area contributed by atoms with Crippen molar-refractivity contribution in [2.24, 2.45) is 0 Å². The highest BCUT2D eigenvalue weighted by Gasteiger charge is 2.22. The molecule has 104 valence electrons. The first kappa shape index (κ1) is 13.2. The molecule has 1 heterocycles. The van der Waals surface area contributed by atoms with Gasteiger partial charge in [-0.05, 0) is 47.9 Å². The molecule has 3 rings (SSSR count). The van der Waals surface area contributed by atoms with E-state index in [-0.39, 0.29) is 5.91 Å². The topological polar surface area (TPSA) is 70.1 Å². The van der Waals surface area contributed by atoms with Crippen molar-refractivity contribution >= 4 is 11.6 Å². The molecule has 0 aromatic heterocycles. The van der Waals surface area contributed by atoms with Gasteiger partial charge in [0, 0.05) is 24.3 Å². The lowest BCUT2D eigenvalue weighted by molar-refractivity contribution is 0.0734. The maximum absolute atomic E-state index is 12.5. The average molecular weight is 277 g/mol. The van der Waals surface area contributed by atoms with Crippen LogP contribution >= 0.6 is 0 Å². The Kier molecular flexibility index (Phi) is 3.33. The molecule has 4 heteroatoms. The summed E-state index contributed by atoms with van der Waals surface area (Å²) in [4.78, 5) is 14.4. The Morgan fingerprint density at radius 3 is 2.86 bits per heavy atom. The maximum Gasteiger partial charge on any atom is 0.254 e. The molecule has 0 saturated heterocycles. The van der Waals surface area contributed by atoms with Crippen molar-refractivity contribution in [2.45, 2.75) is 13.0 Å². The summed E-state index contributed by atoms with van der Waals surface area (Å²) in [6, 6.07) is 14.7. The number of hydrogen-bond donors (Lipinski definition) is 1. The summed E-state index contributed by atoms with van der Waals surface area (Å²) in [5, 5.41) is 8.93. The van der Waals surface area contributed by atoms with Crippen molar-refractivity contribution in [3.63, 3.8) is 0 Å². The number of anilines is 1. The normalized spacial score (nSPS) is 13.4. The van der Waals surface area contributed by atoms with Gasteiger partial charge in [-0.2, -0.15) is 5.26 Å². The summed E-state index contributed by atoms with van der Waals surface area (Å²) in [5.41, 5.74) is 9.94. The van der Waals surface area contributed by atoms with E-state index in [0.717, 1.165) is 17.7 Å². The van der Waals surface area contributed by atoms with Gasteiger partial charge in [0.1, 0.15) is 0 Å². The molecule has 1 aliphatic heterocycles. The minimum absolute atomic E-state index is 0.0415. The van der Waals surface area contributed by atoms with Crippen LogP contribution in [0.1, 0.15) is 27.0 Å². The zero-order valence-electron chi connectivity index (χ0n) is 11.5. The molecule has 2 aromatic carbocycles. The third kappa shape index (κ3) is 2.59. The van der Waals surface area contributed by atoms with Crippen molar-refractivity contribution in [1.29, 1.82) is 5.26 Å². The Morgan fingerprint density at radius 2 is 2.05 bits per heavy atom. The summed E-state index contributed by atoms with van der Waals surface area (Å²) >= 11 is 0. The van der Waals surface area contributed by atoms with E-state index in [0.29, 0.717) is 24.2 Å². The van der Waals surface area contributed by atoms with Crippen molar-refractivity contribution in [1.82, 2.24) is 4.90 Å². The largest absolute Gasteiger partial charge is 0.399 e. The first-order valence-electron chi connectivity index (χ1n) is 6.84. The summed E-state index contributed by atoms with van der Waals surface area (Å²) in [5.74, 6) is -0.0415. The predicted octanol–water partition coefficient (Wildman–Crippen LogP) is 2.34. The molecule has 0 atom stereocenters. The zero-order valence-corrected chi connectivity index (χ0v) is 11.5. The molecule has 0 spiro atoms. The Hall–Kier alpha value is -2.80. The highest BCUT2D eigenvalue weighted by molar-refractivity contribution is 5.94. The van der Waals surface area contributed by atoms with Gasteiger partial charge in [-0.3, -0.25) is 4.79 Å². The SMILES string of the molecule is N#Cc1cccc(C(=O)N2CCc3ccc(N)cc3C2)c1. The smallest absolute Gasteiger partial charge is 0.254 e. The zero-order chi connectivity index (χ0) is 14.8. The fraction of sp³-hybridized carbons (Fsp3) is 0.176. The molecule has 1 aliphatic rings. The van der Waals surface area contributed by atoms with Gasteiger partial charge in [0.15, 0.2) is 0 Å². The van der Waals surface area contributed by atoms with Gasteiger partial charge in [0.2, 0.25) is 0 Å². The number of nitrogens with two attached hydrogens (primary N) is 1. The minimum Gasteiger partial charge on any atom is -0.399 e. The van der Waals surface area contributed by atoms with Crippen molar-refractivity contribution < 1.29 is 4.79 Å². The van der Waals surface area contributed by atoms with Crippen LogP contribution in [0, 0.1) is 11.3 Å². The molecule has 21 heavy (non-hydrogen) atoms. The van der Waals surface area contributed by atoms with Crippen LogP contribution in [0.5, 0.6) is 0 Å². The van der Waals surface area contributed by atoms with Gasteiger partial charge in [0.05, 0.1) is 11.6 Å². The molecule has 0 radical (unpaired) electrons. The van der Waals surface area contributed by atoms with Gasteiger partial charge in [-0.1, -0.05) is 12.1 Å². The van der Waals surface area contributed by atoms with Crippen molar-refractivity contribution in [3.8, 4) is 6.07 Å². The number of fused-ring (bicyclic) bond motifs is 1. The van der Waals surface area contributed by atoms with E-state index in [2.05, 4.69) is 6.07 Å². The number of amides is 1.